The number of benzene rings is 3. The molecule has 0 saturated carbocycles. The highest BCUT2D eigenvalue weighted by Crippen LogP contribution is 2.60. The first-order chi connectivity index (χ1) is 23.7. The zero-order chi connectivity index (χ0) is 34.9. The molecule has 0 radical (unpaired) electrons. The van der Waals surface area contributed by atoms with Gasteiger partial charge in [-0.3, -0.25) is 14.5 Å². The number of aliphatic carboxylic acids is 2. The Bertz CT molecular complexity index is 1540. The maximum atomic E-state index is 14.0. The second-order valence-corrected chi connectivity index (χ2v) is 13.7. The zero-order valence-electron chi connectivity index (χ0n) is 28.0. The Morgan fingerprint density at radius 1 is 0.980 bits per heavy atom. The monoisotopic (exact) mass is 687 g/mol. The number of morpholine rings is 1. The Morgan fingerprint density at radius 3 is 2.18 bits per heavy atom. The average molecular weight is 688 g/mol. The molecule has 3 N–H and O–H groups in total. The maximum absolute atomic E-state index is 14.0. The van der Waals surface area contributed by atoms with Crippen LogP contribution in [0, 0.1) is 22.2 Å². The average Bonchev–Trinajstić information content (AvgIpc) is 3.11. The molecule has 0 aromatic heterocycles. The van der Waals surface area contributed by atoms with Crippen molar-refractivity contribution in [3.05, 3.63) is 107 Å². The minimum absolute atomic E-state index is 0.0375. The summed E-state index contributed by atoms with van der Waals surface area (Å²) in [5, 5.41) is 36.4. The topological polar surface area (TPSA) is 132 Å². The predicted molar refractivity (Wildman–Crippen MR) is 188 cm³/mol. The number of nitrogens with zero attached hydrogens (tertiary/aromatic N) is 2. The number of hydrogen-bond acceptors (Lipinski definition) is 7. The van der Waals surface area contributed by atoms with Crippen LogP contribution in [0.4, 0.5) is 0 Å². The van der Waals surface area contributed by atoms with Gasteiger partial charge >= 0.3 is 11.9 Å². The number of nitriles is 1. The Hall–Kier alpha value is -3.78. The maximum Gasteiger partial charge on any atom is 0.312 e. The summed E-state index contributed by atoms with van der Waals surface area (Å²) in [5.41, 5.74) is -0.682. The molecule has 3 aromatic carbocycles. The standard InChI is InChI=1S/C39H46ClN3O6/c1-28-38(36(44)45,18-16-33(29-10-4-2-5-11-29)30-12-6-3-7-13-30)35(31-14-8-15-32(40)26-31)39(37(46)47,17-9-19-41)34(42-28)27-49-25-22-43-20-23-48-24-21-43/h2-8,10-15,26,28,33-35,42H,9,16-18,20-25,27H2,1H3,(H,44,45)(H,46,47). The van der Waals surface area contributed by atoms with Crippen molar-refractivity contribution in [1.82, 2.24) is 10.2 Å². The van der Waals surface area contributed by atoms with E-state index < -0.39 is 40.8 Å². The van der Waals surface area contributed by atoms with Gasteiger partial charge in [-0.05, 0) is 55.0 Å². The van der Waals surface area contributed by atoms with E-state index in [-0.39, 0.29) is 31.8 Å². The second-order valence-electron chi connectivity index (χ2n) is 13.2. The van der Waals surface area contributed by atoms with Gasteiger partial charge in [0.05, 0.1) is 43.3 Å². The molecular weight excluding hydrogens is 642 g/mol. The van der Waals surface area contributed by atoms with Crippen molar-refractivity contribution in [3.63, 3.8) is 0 Å². The molecule has 3 aromatic rings. The fourth-order valence-electron chi connectivity index (χ4n) is 8.22. The van der Waals surface area contributed by atoms with E-state index in [1.807, 2.05) is 67.6 Å². The molecule has 2 aliphatic heterocycles. The Morgan fingerprint density at radius 2 is 1.61 bits per heavy atom. The van der Waals surface area contributed by atoms with Gasteiger partial charge in [-0.15, -0.1) is 0 Å². The van der Waals surface area contributed by atoms with Crippen LogP contribution in [-0.4, -0.2) is 85.2 Å². The first-order valence-electron chi connectivity index (χ1n) is 17.1. The Kier molecular flexibility index (Phi) is 12.5. The van der Waals surface area contributed by atoms with Crippen molar-refractivity contribution in [2.24, 2.45) is 10.8 Å². The van der Waals surface area contributed by atoms with Crippen LogP contribution in [0.15, 0.2) is 84.9 Å². The number of carboxylic acid groups (broad SMARTS) is 2. The fraction of sp³-hybridized carbons (Fsp3) is 0.462. The third-order valence-electron chi connectivity index (χ3n) is 10.7. The lowest BCUT2D eigenvalue weighted by molar-refractivity contribution is -0.177. The minimum Gasteiger partial charge on any atom is -0.481 e. The van der Waals surface area contributed by atoms with Crippen molar-refractivity contribution in [1.29, 1.82) is 5.26 Å². The molecule has 0 bridgehead atoms. The highest BCUT2D eigenvalue weighted by Gasteiger charge is 2.67. The van der Waals surface area contributed by atoms with Gasteiger partial charge in [-0.1, -0.05) is 84.4 Å². The third kappa shape index (κ3) is 7.85. The summed E-state index contributed by atoms with van der Waals surface area (Å²) in [5.74, 6) is -3.43. The summed E-state index contributed by atoms with van der Waals surface area (Å²) in [6, 6.07) is 27.6. The number of piperidine rings is 1. The number of carboxylic acids is 2. The minimum atomic E-state index is -1.71. The summed E-state index contributed by atoms with van der Waals surface area (Å²) in [6.45, 7) is 5.84. The van der Waals surface area contributed by atoms with Crippen LogP contribution in [0.2, 0.25) is 5.02 Å². The molecule has 5 unspecified atom stereocenters. The summed E-state index contributed by atoms with van der Waals surface area (Å²) < 4.78 is 11.6. The van der Waals surface area contributed by atoms with Crippen molar-refractivity contribution in [2.45, 2.75) is 56.5 Å². The fourth-order valence-corrected chi connectivity index (χ4v) is 8.42. The Balaban J connectivity index is 1.59. The zero-order valence-corrected chi connectivity index (χ0v) is 28.7. The summed E-state index contributed by atoms with van der Waals surface area (Å²) in [7, 11) is 0. The molecule has 2 fully saturated rings. The van der Waals surface area contributed by atoms with E-state index in [0.29, 0.717) is 43.4 Å². The number of halogens is 1. The van der Waals surface area contributed by atoms with E-state index in [9.17, 15) is 25.1 Å². The van der Waals surface area contributed by atoms with Crippen LogP contribution in [0.5, 0.6) is 0 Å². The smallest absolute Gasteiger partial charge is 0.312 e. The highest BCUT2D eigenvalue weighted by molar-refractivity contribution is 6.30. The van der Waals surface area contributed by atoms with Gasteiger partial charge in [-0.25, -0.2) is 0 Å². The molecule has 49 heavy (non-hydrogen) atoms. The van der Waals surface area contributed by atoms with Crippen LogP contribution in [-0.2, 0) is 19.1 Å². The van der Waals surface area contributed by atoms with E-state index >= 15 is 0 Å². The quantitative estimate of drug-likeness (QED) is 0.160. The number of hydrogen-bond donors (Lipinski definition) is 3. The van der Waals surface area contributed by atoms with Gasteiger partial charge in [0.15, 0.2) is 0 Å². The molecular formula is C39H46ClN3O6. The number of ether oxygens (including phenoxy) is 2. The summed E-state index contributed by atoms with van der Waals surface area (Å²) in [4.78, 5) is 30.1. The lowest BCUT2D eigenvalue weighted by atomic mass is 9.49. The summed E-state index contributed by atoms with van der Waals surface area (Å²) >= 11 is 6.55. The number of nitrogens with one attached hydrogen (secondary N) is 1. The van der Waals surface area contributed by atoms with Gasteiger partial charge in [0.25, 0.3) is 0 Å². The van der Waals surface area contributed by atoms with Crippen LogP contribution in [0.3, 0.4) is 0 Å². The first-order valence-corrected chi connectivity index (χ1v) is 17.4. The van der Waals surface area contributed by atoms with E-state index in [4.69, 9.17) is 21.1 Å². The van der Waals surface area contributed by atoms with E-state index in [0.717, 1.165) is 24.2 Å². The molecule has 5 rings (SSSR count). The molecule has 2 saturated heterocycles. The molecule has 0 spiro atoms. The number of rotatable bonds is 15. The van der Waals surface area contributed by atoms with Crippen molar-refractivity contribution >= 4 is 23.5 Å². The molecule has 10 heteroatoms. The molecule has 2 aliphatic rings. The molecule has 0 amide bonds. The molecule has 260 valence electrons. The van der Waals surface area contributed by atoms with Crippen LogP contribution >= 0.6 is 11.6 Å². The summed E-state index contributed by atoms with van der Waals surface area (Å²) in [6.07, 6.45) is 0.464. The predicted octanol–water partition coefficient (Wildman–Crippen LogP) is 6.19. The van der Waals surface area contributed by atoms with Gasteiger partial charge in [0, 0.05) is 55.0 Å². The second kappa shape index (κ2) is 16.8. The first kappa shape index (κ1) is 36.5. The molecule has 0 aliphatic carbocycles. The van der Waals surface area contributed by atoms with Crippen molar-refractivity contribution in [3.8, 4) is 6.07 Å². The third-order valence-corrected chi connectivity index (χ3v) is 10.9. The van der Waals surface area contributed by atoms with E-state index in [1.165, 1.54) is 0 Å². The molecule has 5 atom stereocenters. The molecule has 2 heterocycles. The van der Waals surface area contributed by atoms with Crippen LogP contribution in [0.25, 0.3) is 0 Å². The molecule has 9 nitrogen and oxygen atoms in total. The normalized spacial score (nSPS) is 25.9. The van der Waals surface area contributed by atoms with Gasteiger partial charge in [0.1, 0.15) is 0 Å². The van der Waals surface area contributed by atoms with Gasteiger partial charge in [-0.2, -0.15) is 5.26 Å². The van der Waals surface area contributed by atoms with Gasteiger partial charge in [0.2, 0.25) is 0 Å². The lowest BCUT2D eigenvalue weighted by Gasteiger charge is -2.58. The number of carbonyl (C=O) groups is 2. The van der Waals surface area contributed by atoms with Crippen molar-refractivity contribution in [2.75, 3.05) is 46.1 Å². The van der Waals surface area contributed by atoms with Crippen molar-refractivity contribution < 1.29 is 29.3 Å². The van der Waals surface area contributed by atoms with E-state index in [1.54, 1.807) is 24.3 Å². The Labute approximate surface area is 293 Å². The van der Waals surface area contributed by atoms with Crippen LogP contribution in [0.1, 0.15) is 61.1 Å². The van der Waals surface area contributed by atoms with E-state index in [2.05, 4.69) is 16.3 Å². The van der Waals surface area contributed by atoms with Crippen LogP contribution < -0.4 is 5.32 Å². The largest absolute Gasteiger partial charge is 0.481 e. The highest BCUT2D eigenvalue weighted by atomic mass is 35.5. The SMILES string of the molecule is CC1NC(COCCN2CCOCC2)C(CCC#N)(C(=O)O)C(c2cccc(Cl)c2)C1(CCC(c1ccccc1)c1ccccc1)C(=O)O. The van der Waals surface area contributed by atoms with Gasteiger partial charge < -0.3 is 25.0 Å². The lowest BCUT2D eigenvalue weighted by Crippen LogP contribution is -2.71.